The molecular formula is C20H37N. The van der Waals surface area contributed by atoms with E-state index in [1.54, 1.807) is 0 Å². The summed E-state index contributed by atoms with van der Waals surface area (Å²) in [5, 5.41) is 0. The Bertz CT molecular complexity index is 465. The summed E-state index contributed by atoms with van der Waals surface area (Å²) in [7, 11) is 0. The molecule has 1 heterocycles. The van der Waals surface area contributed by atoms with E-state index in [4.69, 9.17) is 0 Å². The van der Waals surface area contributed by atoms with Crippen LogP contribution in [0.15, 0.2) is 11.1 Å². The molecule has 1 aromatic rings. The normalized spacial score (nSPS) is 13.4. The maximum Gasteiger partial charge on any atom is 0.0676 e. The number of rotatable bonds is 0. The summed E-state index contributed by atoms with van der Waals surface area (Å²) in [6.07, 6.45) is 0. The van der Waals surface area contributed by atoms with Crippen molar-refractivity contribution < 1.29 is 0 Å². The molecule has 2 rings (SSSR count). The van der Waals surface area contributed by atoms with Crippen molar-refractivity contribution in [3.63, 3.8) is 0 Å². The lowest BCUT2D eigenvalue weighted by Crippen LogP contribution is -2.24. The lowest BCUT2D eigenvalue weighted by molar-refractivity contribution is 0.725. The van der Waals surface area contributed by atoms with Crippen molar-refractivity contribution in [3.05, 3.63) is 28.3 Å². The van der Waals surface area contributed by atoms with E-state index in [9.17, 15) is 0 Å². The Balaban J connectivity index is 0. The summed E-state index contributed by atoms with van der Waals surface area (Å²) < 4.78 is 0. The van der Waals surface area contributed by atoms with Crippen molar-refractivity contribution in [2.24, 2.45) is 4.99 Å². The van der Waals surface area contributed by atoms with Crippen LogP contribution in [0.25, 0.3) is 0 Å². The second-order valence-corrected chi connectivity index (χ2v) is 5.16. The Morgan fingerprint density at radius 3 is 1.62 bits per heavy atom. The predicted octanol–water partition coefficient (Wildman–Crippen LogP) is 7.07. The SMILES string of the molecule is CC.CC.CC.CC1=Nc2cc(C)c(C)c(C)c2C1(C)C. The van der Waals surface area contributed by atoms with E-state index in [2.05, 4.69) is 52.6 Å². The van der Waals surface area contributed by atoms with Crippen molar-refractivity contribution in [1.82, 2.24) is 0 Å². The van der Waals surface area contributed by atoms with Gasteiger partial charge in [-0.1, -0.05) is 55.4 Å². The molecule has 0 N–H and O–H groups in total. The minimum Gasteiger partial charge on any atom is -0.257 e. The highest BCUT2D eigenvalue weighted by atomic mass is 14.8. The number of aryl methyl sites for hydroxylation is 1. The summed E-state index contributed by atoms with van der Waals surface area (Å²) in [5.41, 5.74) is 8.10. The molecule has 0 spiro atoms. The number of nitrogens with zero attached hydrogens (tertiary/aromatic N) is 1. The summed E-state index contributed by atoms with van der Waals surface area (Å²) >= 11 is 0. The monoisotopic (exact) mass is 291 g/mol. The van der Waals surface area contributed by atoms with Gasteiger partial charge in [0.05, 0.1) is 5.69 Å². The van der Waals surface area contributed by atoms with Crippen molar-refractivity contribution in [3.8, 4) is 0 Å². The molecule has 0 atom stereocenters. The summed E-state index contributed by atoms with van der Waals surface area (Å²) in [5.74, 6) is 0. The van der Waals surface area contributed by atoms with Gasteiger partial charge in [0.2, 0.25) is 0 Å². The Morgan fingerprint density at radius 2 is 1.19 bits per heavy atom. The van der Waals surface area contributed by atoms with Crippen LogP contribution >= 0.6 is 0 Å². The Labute approximate surface area is 133 Å². The number of fused-ring (bicyclic) bond motifs is 1. The second-order valence-electron chi connectivity index (χ2n) is 5.16. The van der Waals surface area contributed by atoms with Crippen LogP contribution in [0.5, 0.6) is 0 Å². The van der Waals surface area contributed by atoms with Crippen LogP contribution in [0, 0.1) is 20.8 Å². The molecule has 0 unspecified atom stereocenters. The number of aliphatic imine (C=N–C) groups is 1. The van der Waals surface area contributed by atoms with Crippen molar-refractivity contribution >= 4 is 11.4 Å². The minimum atomic E-state index is 0.109. The van der Waals surface area contributed by atoms with Gasteiger partial charge < -0.3 is 0 Å². The Morgan fingerprint density at radius 1 is 0.762 bits per heavy atom. The molecule has 122 valence electrons. The maximum atomic E-state index is 4.68. The standard InChI is InChI=1S/C14H19N.3C2H6/c1-8-7-12-13(10(3)9(8)2)14(5,6)11(4)15-12;3*1-2/h7H,1-6H3;3*1-2H3. The van der Waals surface area contributed by atoms with Crippen molar-refractivity contribution in [1.29, 1.82) is 0 Å². The molecule has 0 aliphatic carbocycles. The fourth-order valence-electron chi connectivity index (χ4n) is 2.44. The smallest absolute Gasteiger partial charge is 0.0676 e. The molecule has 0 amide bonds. The van der Waals surface area contributed by atoms with E-state index < -0.39 is 0 Å². The van der Waals surface area contributed by atoms with Gasteiger partial charge in [0, 0.05) is 11.1 Å². The van der Waals surface area contributed by atoms with E-state index >= 15 is 0 Å². The third kappa shape index (κ3) is 4.43. The highest BCUT2D eigenvalue weighted by molar-refractivity contribution is 6.00. The van der Waals surface area contributed by atoms with E-state index in [1.807, 2.05) is 41.5 Å². The van der Waals surface area contributed by atoms with Gasteiger partial charge in [-0.25, -0.2) is 0 Å². The second kappa shape index (κ2) is 9.76. The van der Waals surface area contributed by atoms with Crippen molar-refractivity contribution in [2.45, 2.75) is 88.5 Å². The first kappa shape index (κ1) is 22.2. The molecule has 1 aliphatic heterocycles. The quantitative estimate of drug-likeness (QED) is 0.484. The molecule has 0 aromatic heterocycles. The molecule has 1 aliphatic rings. The van der Waals surface area contributed by atoms with Gasteiger partial charge in [-0.3, -0.25) is 4.99 Å². The topological polar surface area (TPSA) is 12.4 Å². The lowest BCUT2D eigenvalue weighted by Gasteiger charge is -2.23. The molecule has 1 nitrogen and oxygen atoms in total. The highest BCUT2D eigenvalue weighted by Crippen LogP contribution is 2.43. The predicted molar refractivity (Wildman–Crippen MR) is 100 cm³/mol. The van der Waals surface area contributed by atoms with Gasteiger partial charge in [-0.2, -0.15) is 0 Å². The molecule has 0 fully saturated rings. The number of hydrogen-bond donors (Lipinski definition) is 0. The van der Waals surface area contributed by atoms with Crippen LogP contribution in [0.4, 0.5) is 5.69 Å². The van der Waals surface area contributed by atoms with Crippen LogP contribution < -0.4 is 0 Å². The number of hydrogen-bond acceptors (Lipinski definition) is 1. The summed E-state index contributed by atoms with van der Waals surface area (Å²) in [4.78, 5) is 4.68. The minimum absolute atomic E-state index is 0.109. The van der Waals surface area contributed by atoms with Gasteiger partial charge in [-0.05, 0) is 56.0 Å². The van der Waals surface area contributed by atoms with Crippen LogP contribution in [-0.2, 0) is 5.41 Å². The molecule has 0 saturated carbocycles. The summed E-state index contributed by atoms with van der Waals surface area (Å²) in [6.45, 7) is 25.2. The average Bonchev–Trinajstić information content (AvgIpc) is 2.72. The fraction of sp³-hybridized carbons (Fsp3) is 0.650. The van der Waals surface area contributed by atoms with Crippen LogP contribution in [0.1, 0.15) is 84.6 Å². The van der Waals surface area contributed by atoms with E-state index in [0.717, 1.165) is 0 Å². The van der Waals surface area contributed by atoms with Crippen LogP contribution in [0.2, 0.25) is 0 Å². The zero-order chi connectivity index (χ0) is 17.4. The zero-order valence-electron chi connectivity index (χ0n) is 16.5. The van der Waals surface area contributed by atoms with Crippen molar-refractivity contribution in [2.75, 3.05) is 0 Å². The Kier molecular flexibility index (Phi) is 10.3. The van der Waals surface area contributed by atoms with Gasteiger partial charge in [0.15, 0.2) is 0 Å². The Hall–Kier alpha value is -1.11. The van der Waals surface area contributed by atoms with Gasteiger partial charge in [0.25, 0.3) is 0 Å². The third-order valence-corrected chi connectivity index (χ3v) is 3.96. The van der Waals surface area contributed by atoms with Crippen LogP contribution in [0.3, 0.4) is 0 Å². The molecule has 0 saturated heterocycles. The zero-order valence-corrected chi connectivity index (χ0v) is 16.5. The fourth-order valence-corrected chi connectivity index (χ4v) is 2.44. The molecule has 1 heteroatoms. The maximum absolute atomic E-state index is 4.68. The van der Waals surface area contributed by atoms with Gasteiger partial charge >= 0.3 is 0 Å². The average molecular weight is 292 g/mol. The first-order valence-corrected chi connectivity index (χ1v) is 8.52. The lowest BCUT2D eigenvalue weighted by atomic mass is 9.78. The first-order chi connectivity index (χ1) is 9.85. The number of benzene rings is 1. The van der Waals surface area contributed by atoms with E-state index in [0.29, 0.717) is 0 Å². The molecule has 0 bridgehead atoms. The van der Waals surface area contributed by atoms with Crippen LogP contribution in [-0.4, -0.2) is 5.71 Å². The third-order valence-electron chi connectivity index (χ3n) is 3.96. The first-order valence-electron chi connectivity index (χ1n) is 8.52. The summed E-state index contributed by atoms with van der Waals surface area (Å²) in [6, 6.07) is 2.22. The molecular weight excluding hydrogens is 254 g/mol. The molecule has 1 aromatic carbocycles. The highest BCUT2D eigenvalue weighted by Gasteiger charge is 2.34. The van der Waals surface area contributed by atoms with Gasteiger partial charge in [-0.15, -0.1) is 0 Å². The van der Waals surface area contributed by atoms with E-state index in [-0.39, 0.29) is 5.41 Å². The molecule has 0 radical (unpaired) electrons. The molecule has 21 heavy (non-hydrogen) atoms. The van der Waals surface area contributed by atoms with E-state index in [1.165, 1.54) is 33.7 Å². The largest absolute Gasteiger partial charge is 0.257 e. The van der Waals surface area contributed by atoms with Gasteiger partial charge in [0.1, 0.15) is 0 Å².